The Bertz CT molecular complexity index is 1110. The summed E-state index contributed by atoms with van der Waals surface area (Å²) in [5.74, 6) is 1.38. The van der Waals surface area contributed by atoms with Crippen LogP contribution < -0.4 is 9.64 Å². The number of pyridine rings is 1. The maximum Gasteiger partial charge on any atom is 0.270 e. The molecule has 1 atom stereocenters. The zero-order valence-corrected chi connectivity index (χ0v) is 15.5. The van der Waals surface area contributed by atoms with E-state index in [9.17, 15) is 15.4 Å². The SMILES string of the molecule is N#Cc1cc(N2CCC(Oc3cccc(Cl)c3)C2)nc2ccc([N+](=O)[O-])cc12. The number of benzene rings is 2. The Morgan fingerprint density at radius 1 is 1.29 bits per heavy atom. The number of nitro groups is 1. The van der Waals surface area contributed by atoms with Crippen LogP contribution in [0.15, 0.2) is 48.5 Å². The highest BCUT2D eigenvalue weighted by Crippen LogP contribution is 2.29. The molecule has 1 unspecified atom stereocenters. The van der Waals surface area contributed by atoms with Crippen LogP contribution in [0.4, 0.5) is 11.5 Å². The van der Waals surface area contributed by atoms with Crippen LogP contribution in [0.5, 0.6) is 5.75 Å². The van der Waals surface area contributed by atoms with Gasteiger partial charge in [-0.05, 0) is 30.3 Å². The van der Waals surface area contributed by atoms with E-state index in [0.29, 0.717) is 33.9 Å². The van der Waals surface area contributed by atoms with Gasteiger partial charge in [0.2, 0.25) is 0 Å². The number of fused-ring (bicyclic) bond motifs is 1. The fourth-order valence-corrected chi connectivity index (χ4v) is 3.51. The molecule has 0 radical (unpaired) electrons. The minimum atomic E-state index is -0.479. The molecule has 0 saturated carbocycles. The molecule has 7 nitrogen and oxygen atoms in total. The number of aromatic nitrogens is 1. The van der Waals surface area contributed by atoms with Crippen molar-refractivity contribution in [3.8, 4) is 11.8 Å². The predicted molar refractivity (Wildman–Crippen MR) is 106 cm³/mol. The first-order chi connectivity index (χ1) is 13.5. The third-order valence-corrected chi connectivity index (χ3v) is 4.91. The number of hydrogen-bond acceptors (Lipinski definition) is 6. The van der Waals surface area contributed by atoms with Gasteiger partial charge in [0.15, 0.2) is 0 Å². The molecule has 2 aromatic carbocycles. The zero-order chi connectivity index (χ0) is 19.7. The van der Waals surface area contributed by atoms with Gasteiger partial charge in [-0.1, -0.05) is 17.7 Å². The lowest BCUT2D eigenvalue weighted by Crippen LogP contribution is -2.25. The van der Waals surface area contributed by atoms with E-state index in [-0.39, 0.29) is 11.8 Å². The molecule has 0 spiro atoms. The van der Waals surface area contributed by atoms with Crippen molar-refractivity contribution >= 4 is 34.0 Å². The van der Waals surface area contributed by atoms with Gasteiger partial charge in [0, 0.05) is 35.5 Å². The fourth-order valence-electron chi connectivity index (χ4n) is 3.33. The third kappa shape index (κ3) is 3.55. The third-order valence-electron chi connectivity index (χ3n) is 4.68. The molecular weight excluding hydrogens is 380 g/mol. The Morgan fingerprint density at radius 2 is 2.14 bits per heavy atom. The van der Waals surface area contributed by atoms with E-state index in [2.05, 4.69) is 16.0 Å². The van der Waals surface area contributed by atoms with Crippen molar-refractivity contribution < 1.29 is 9.66 Å². The number of non-ortho nitro benzene ring substituents is 1. The number of halogens is 1. The molecule has 0 aliphatic carbocycles. The van der Waals surface area contributed by atoms with Crippen molar-refractivity contribution in [3.05, 3.63) is 69.2 Å². The van der Waals surface area contributed by atoms with Crippen LogP contribution >= 0.6 is 11.6 Å². The van der Waals surface area contributed by atoms with E-state index < -0.39 is 4.92 Å². The number of rotatable bonds is 4. The van der Waals surface area contributed by atoms with Gasteiger partial charge in [0.05, 0.1) is 28.6 Å². The molecule has 28 heavy (non-hydrogen) atoms. The molecule has 1 aliphatic heterocycles. The second kappa shape index (κ2) is 7.33. The summed E-state index contributed by atoms with van der Waals surface area (Å²) in [6.07, 6.45) is 0.798. The van der Waals surface area contributed by atoms with Crippen LogP contribution in [-0.4, -0.2) is 29.1 Å². The first kappa shape index (κ1) is 18.0. The second-order valence-corrected chi connectivity index (χ2v) is 6.97. The maximum atomic E-state index is 11.0. The molecule has 1 saturated heterocycles. The molecule has 0 amide bonds. The van der Waals surface area contributed by atoms with Crippen LogP contribution in [-0.2, 0) is 0 Å². The number of hydrogen-bond donors (Lipinski definition) is 0. The molecule has 3 aromatic rings. The molecule has 0 bridgehead atoms. The quantitative estimate of drug-likeness (QED) is 0.483. The molecule has 2 heterocycles. The summed E-state index contributed by atoms with van der Waals surface area (Å²) >= 11 is 6.00. The summed E-state index contributed by atoms with van der Waals surface area (Å²) < 4.78 is 6.00. The van der Waals surface area contributed by atoms with Crippen molar-refractivity contribution in [2.75, 3.05) is 18.0 Å². The van der Waals surface area contributed by atoms with Gasteiger partial charge in [-0.3, -0.25) is 10.1 Å². The highest BCUT2D eigenvalue weighted by Gasteiger charge is 2.26. The topological polar surface area (TPSA) is 92.3 Å². The Labute approximate surface area is 165 Å². The van der Waals surface area contributed by atoms with Crippen molar-refractivity contribution in [1.82, 2.24) is 4.98 Å². The Morgan fingerprint density at radius 3 is 2.89 bits per heavy atom. The lowest BCUT2D eigenvalue weighted by Gasteiger charge is -2.19. The highest BCUT2D eigenvalue weighted by atomic mass is 35.5. The summed E-state index contributed by atoms with van der Waals surface area (Å²) in [5.41, 5.74) is 0.858. The number of nitrogens with zero attached hydrogens (tertiary/aromatic N) is 4. The Hall–Kier alpha value is -3.37. The zero-order valence-electron chi connectivity index (χ0n) is 14.7. The Kier molecular flexibility index (Phi) is 4.72. The average Bonchev–Trinajstić information content (AvgIpc) is 3.15. The normalized spacial score (nSPS) is 16.1. The van der Waals surface area contributed by atoms with E-state index in [1.165, 1.54) is 12.1 Å². The fraction of sp³-hybridized carbons (Fsp3) is 0.200. The molecular formula is C20H15ClN4O3. The van der Waals surface area contributed by atoms with Gasteiger partial charge < -0.3 is 9.64 Å². The van der Waals surface area contributed by atoms with E-state index >= 15 is 0 Å². The smallest absolute Gasteiger partial charge is 0.270 e. The molecule has 0 N–H and O–H groups in total. The first-order valence-corrected chi connectivity index (χ1v) is 9.08. The summed E-state index contributed by atoms with van der Waals surface area (Å²) in [6.45, 7) is 1.37. The minimum Gasteiger partial charge on any atom is -0.488 e. The van der Waals surface area contributed by atoms with Crippen LogP contribution in [0.1, 0.15) is 12.0 Å². The van der Waals surface area contributed by atoms with Crippen LogP contribution in [0.3, 0.4) is 0 Å². The van der Waals surface area contributed by atoms with Crippen molar-refractivity contribution in [1.29, 1.82) is 5.26 Å². The molecule has 1 aromatic heterocycles. The van der Waals surface area contributed by atoms with E-state index in [4.69, 9.17) is 16.3 Å². The van der Waals surface area contributed by atoms with E-state index in [1.54, 1.807) is 24.3 Å². The van der Waals surface area contributed by atoms with Gasteiger partial charge >= 0.3 is 0 Å². The Balaban J connectivity index is 1.58. The standard InChI is InChI=1S/C20H15ClN4O3/c21-14-2-1-3-16(9-14)28-17-6-7-24(12-17)20-8-13(11-22)18-10-15(25(26)27)4-5-19(18)23-20/h1-5,8-10,17H,6-7,12H2. The van der Waals surface area contributed by atoms with Gasteiger partial charge in [-0.25, -0.2) is 4.98 Å². The van der Waals surface area contributed by atoms with E-state index in [0.717, 1.165) is 18.7 Å². The maximum absolute atomic E-state index is 11.0. The summed E-state index contributed by atoms with van der Waals surface area (Å²) in [6, 6.07) is 15.4. The van der Waals surface area contributed by atoms with Crippen molar-refractivity contribution in [3.63, 3.8) is 0 Å². The lowest BCUT2D eigenvalue weighted by atomic mass is 10.1. The average molecular weight is 395 g/mol. The number of anilines is 1. The lowest BCUT2D eigenvalue weighted by molar-refractivity contribution is -0.384. The summed E-state index contributed by atoms with van der Waals surface area (Å²) in [4.78, 5) is 17.2. The predicted octanol–water partition coefficient (Wildman–Crippen LogP) is 4.33. The monoisotopic (exact) mass is 394 g/mol. The van der Waals surface area contributed by atoms with Gasteiger partial charge in [-0.2, -0.15) is 5.26 Å². The first-order valence-electron chi connectivity index (χ1n) is 8.70. The largest absolute Gasteiger partial charge is 0.488 e. The summed E-state index contributed by atoms with van der Waals surface area (Å²) in [5, 5.41) is 21.6. The van der Waals surface area contributed by atoms with Crippen molar-refractivity contribution in [2.45, 2.75) is 12.5 Å². The molecule has 1 fully saturated rings. The van der Waals surface area contributed by atoms with Gasteiger partial charge in [0.25, 0.3) is 5.69 Å². The number of ether oxygens (including phenoxy) is 1. The number of nitro benzene ring substituents is 1. The molecule has 8 heteroatoms. The minimum absolute atomic E-state index is 0.0154. The van der Waals surface area contributed by atoms with Crippen LogP contribution in [0, 0.1) is 21.4 Å². The van der Waals surface area contributed by atoms with E-state index in [1.807, 2.05) is 12.1 Å². The highest BCUT2D eigenvalue weighted by molar-refractivity contribution is 6.30. The van der Waals surface area contributed by atoms with Gasteiger partial charge in [0.1, 0.15) is 17.7 Å². The molecule has 4 rings (SSSR count). The molecule has 1 aliphatic rings. The van der Waals surface area contributed by atoms with Gasteiger partial charge in [-0.15, -0.1) is 0 Å². The van der Waals surface area contributed by atoms with Crippen LogP contribution in [0.25, 0.3) is 10.9 Å². The molecule has 140 valence electrons. The number of nitriles is 1. The van der Waals surface area contributed by atoms with Crippen molar-refractivity contribution in [2.24, 2.45) is 0 Å². The second-order valence-electron chi connectivity index (χ2n) is 6.53. The summed E-state index contributed by atoms with van der Waals surface area (Å²) in [7, 11) is 0. The van der Waals surface area contributed by atoms with Crippen LogP contribution in [0.2, 0.25) is 5.02 Å².